The summed E-state index contributed by atoms with van der Waals surface area (Å²) in [5.74, 6) is 0.264. The van der Waals surface area contributed by atoms with Crippen LogP contribution in [0.3, 0.4) is 0 Å². The number of aryl methyl sites for hydroxylation is 1. The molecule has 0 bridgehead atoms. The number of para-hydroxylation sites is 1. The summed E-state index contributed by atoms with van der Waals surface area (Å²) in [7, 11) is 0. The molecular formula is C23H17F3N4O3S. The predicted molar refractivity (Wildman–Crippen MR) is 120 cm³/mol. The van der Waals surface area contributed by atoms with E-state index in [4.69, 9.17) is 9.47 Å². The number of fused-ring (bicyclic) bond motifs is 1. The van der Waals surface area contributed by atoms with Gasteiger partial charge < -0.3 is 9.47 Å². The standard InChI is InChI=1S/C23H17F3N4O3S/c1-13-4-2-3-5-17(13)30-20(23(24,25)26)15(11-27-30)21(31)29-22-28-16(12-34-22)14-6-7-18-19(10-14)33-9-8-32-18/h2-7,10-12H,8-9H2,1H3,(H,28,29,31). The number of halogens is 3. The zero-order valence-electron chi connectivity index (χ0n) is 17.7. The zero-order chi connectivity index (χ0) is 23.9. The van der Waals surface area contributed by atoms with Crippen LogP contribution in [0.5, 0.6) is 11.5 Å². The number of nitrogens with zero attached hydrogens (tertiary/aromatic N) is 3. The molecule has 0 spiro atoms. The summed E-state index contributed by atoms with van der Waals surface area (Å²) < 4.78 is 53.7. The number of carbonyl (C=O) groups is 1. The van der Waals surface area contributed by atoms with Gasteiger partial charge >= 0.3 is 6.18 Å². The van der Waals surface area contributed by atoms with Crippen LogP contribution < -0.4 is 14.8 Å². The molecule has 0 atom stereocenters. The molecule has 174 valence electrons. The number of amides is 1. The minimum Gasteiger partial charge on any atom is -0.486 e. The third-order valence-electron chi connectivity index (χ3n) is 5.19. The van der Waals surface area contributed by atoms with E-state index in [0.717, 1.165) is 27.8 Å². The van der Waals surface area contributed by atoms with Gasteiger partial charge in [0.25, 0.3) is 5.91 Å². The second-order valence-corrected chi connectivity index (χ2v) is 8.31. The van der Waals surface area contributed by atoms with E-state index in [-0.39, 0.29) is 10.8 Å². The van der Waals surface area contributed by atoms with E-state index < -0.39 is 23.3 Å². The van der Waals surface area contributed by atoms with Crippen molar-refractivity contribution in [2.24, 2.45) is 0 Å². The smallest absolute Gasteiger partial charge is 0.434 e. The molecule has 1 aliphatic heterocycles. The molecule has 3 heterocycles. The van der Waals surface area contributed by atoms with Crippen LogP contribution >= 0.6 is 11.3 Å². The third-order valence-corrected chi connectivity index (χ3v) is 5.95. The van der Waals surface area contributed by atoms with Crippen LogP contribution in [-0.4, -0.2) is 33.9 Å². The van der Waals surface area contributed by atoms with Crippen molar-refractivity contribution in [3.05, 3.63) is 70.9 Å². The van der Waals surface area contributed by atoms with E-state index in [1.54, 1.807) is 48.7 Å². The first kappa shape index (κ1) is 22.0. The highest BCUT2D eigenvalue weighted by Crippen LogP contribution is 2.37. The fraction of sp³-hybridized carbons (Fsp3) is 0.174. The van der Waals surface area contributed by atoms with Crippen molar-refractivity contribution >= 4 is 22.4 Å². The number of anilines is 1. The lowest BCUT2D eigenvalue weighted by atomic mass is 10.1. The summed E-state index contributed by atoms with van der Waals surface area (Å²) in [4.78, 5) is 17.2. The number of benzene rings is 2. The molecule has 4 aromatic rings. The lowest BCUT2D eigenvalue weighted by Crippen LogP contribution is -2.21. The van der Waals surface area contributed by atoms with Crippen molar-refractivity contribution in [1.29, 1.82) is 0 Å². The predicted octanol–water partition coefficient (Wildman–Crippen LogP) is 5.35. The number of rotatable bonds is 4. The van der Waals surface area contributed by atoms with Crippen LogP contribution in [-0.2, 0) is 6.18 Å². The first-order chi connectivity index (χ1) is 16.3. The van der Waals surface area contributed by atoms with Gasteiger partial charge in [0, 0.05) is 10.9 Å². The lowest BCUT2D eigenvalue weighted by molar-refractivity contribution is -0.143. The SMILES string of the molecule is Cc1ccccc1-n1ncc(C(=O)Nc2nc(-c3ccc4c(c3)OCCO4)cs2)c1C(F)(F)F. The number of hydrogen-bond acceptors (Lipinski definition) is 6. The molecule has 2 aromatic heterocycles. The quantitative estimate of drug-likeness (QED) is 0.421. The largest absolute Gasteiger partial charge is 0.486 e. The monoisotopic (exact) mass is 486 g/mol. The van der Waals surface area contributed by atoms with Crippen molar-refractivity contribution in [3.63, 3.8) is 0 Å². The molecular weight excluding hydrogens is 469 g/mol. The molecule has 7 nitrogen and oxygen atoms in total. The molecule has 1 amide bonds. The van der Waals surface area contributed by atoms with Crippen LogP contribution in [0.15, 0.2) is 54.0 Å². The van der Waals surface area contributed by atoms with Crippen LogP contribution in [0.2, 0.25) is 0 Å². The Morgan fingerprint density at radius 1 is 1.12 bits per heavy atom. The number of hydrogen-bond donors (Lipinski definition) is 1. The summed E-state index contributed by atoms with van der Waals surface area (Å²) in [6.07, 6.45) is -3.88. The Labute approximate surface area is 195 Å². The molecule has 1 N–H and O–H groups in total. The van der Waals surface area contributed by atoms with Crippen molar-refractivity contribution in [2.75, 3.05) is 18.5 Å². The van der Waals surface area contributed by atoms with Crippen LogP contribution in [0.1, 0.15) is 21.6 Å². The van der Waals surface area contributed by atoms with Gasteiger partial charge in [0.2, 0.25) is 0 Å². The van der Waals surface area contributed by atoms with E-state index in [9.17, 15) is 18.0 Å². The van der Waals surface area contributed by atoms with Gasteiger partial charge in [-0.1, -0.05) is 18.2 Å². The Kier molecular flexibility index (Phi) is 5.48. The maximum Gasteiger partial charge on any atom is 0.434 e. The van der Waals surface area contributed by atoms with Crippen molar-refractivity contribution in [3.8, 4) is 28.4 Å². The fourth-order valence-electron chi connectivity index (χ4n) is 3.60. The molecule has 1 aliphatic rings. The second-order valence-electron chi connectivity index (χ2n) is 7.45. The molecule has 0 unspecified atom stereocenters. The van der Waals surface area contributed by atoms with Crippen LogP contribution in [0, 0.1) is 6.92 Å². The molecule has 5 rings (SSSR count). The second kappa shape index (κ2) is 8.49. The third kappa shape index (κ3) is 4.10. The van der Waals surface area contributed by atoms with E-state index in [1.807, 2.05) is 0 Å². The van der Waals surface area contributed by atoms with Gasteiger partial charge in [-0.15, -0.1) is 11.3 Å². The molecule has 2 aromatic carbocycles. The molecule has 34 heavy (non-hydrogen) atoms. The Morgan fingerprint density at radius 3 is 2.65 bits per heavy atom. The van der Waals surface area contributed by atoms with Gasteiger partial charge in [-0.3, -0.25) is 10.1 Å². The number of carbonyl (C=O) groups excluding carboxylic acids is 1. The highest BCUT2D eigenvalue weighted by atomic mass is 32.1. The van der Waals surface area contributed by atoms with Gasteiger partial charge in [-0.05, 0) is 36.8 Å². The maximum absolute atomic E-state index is 13.9. The Morgan fingerprint density at radius 2 is 1.88 bits per heavy atom. The summed E-state index contributed by atoms with van der Waals surface area (Å²) in [5, 5.41) is 8.18. The molecule has 0 radical (unpaired) electrons. The fourth-order valence-corrected chi connectivity index (χ4v) is 4.32. The number of aromatic nitrogens is 3. The molecule has 0 aliphatic carbocycles. The normalized spacial score (nSPS) is 13.1. The molecule has 11 heteroatoms. The first-order valence-electron chi connectivity index (χ1n) is 10.2. The number of thiazole rings is 1. The summed E-state index contributed by atoms with van der Waals surface area (Å²) >= 11 is 1.10. The topological polar surface area (TPSA) is 78.3 Å². The van der Waals surface area contributed by atoms with E-state index in [0.29, 0.717) is 36.0 Å². The number of alkyl halides is 3. The number of ether oxygens (including phenoxy) is 2. The van der Waals surface area contributed by atoms with E-state index in [2.05, 4.69) is 15.4 Å². The van der Waals surface area contributed by atoms with E-state index in [1.165, 1.54) is 6.07 Å². The van der Waals surface area contributed by atoms with Crippen LogP contribution in [0.25, 0.3) is 16.9 Å². The highest BCUT2D eigenvalue weighted by molar-refractivity contribution is 7.14. The summed E-state index contributed by atoms with van der Waals surface area (Å²) in [6, 6.07) is 11.8. The summed E-state index contributed by atoms with van der Waals surface area (Å²) in [6.45, 7) is 2.58. The van der Waals surface area contributed by atoms with Gasteiger partial charge in [0.15, 0.2) is 22.3 Å². The summed E-state index contributed by atoms with van der Waals surface area (Å²) in [5.41, 5.74) is 0.360. The lowest BCUT2D eigenvalue weighted by Gasteiger charge is -2.18. The maximum atomic E-state index is 13.9. The van der Waals surface area contributed by atoms with Crippen molar-refractivity contribution in [1.82, 2.24) is 14.8 Å². The van der Waals surface area contributed by atoms with Gasteiger partial charge in [0.1, 0.15) is 13.2 Å². The van der Waals surface area contributed by atoms with Crippen molar-refractivity contribution in [2.45, 2.75) is 13.1 Å². The van der Waals surface area contributed by atoms with E-state index >= 15 is 0 Å². The average Bonchev–Trinajstić information content (AvgIpc) is 3.46. The Bertz CT molecular complexity index is 1380. The average molecular weight is 486 g/mol. The minimum absolute atomic E-state index is 0.159. The number of nitrogens with one attached hydrogen (secondary N) is 1. The van der Waals surface area contributed by atoms with Crippen LogP contribution in [0.4, 0.5) is 18.3 Å². The zero-order valence-corrected chi connectivity index (χ0v) is 18.5. The Balaban J connectivity index is 1.43. The van der Waals surface area contributed by atoms with Crippen molar-refractivity contribution < 1.29 is 27.4 Å². The molecule has 0 fully saturated rings. The minimum atomic E-state index is -4.80. The first-order valence-corrected chi connectivity index (χ1v) is 11.1. The molecule has 0 saturated carbocycles. The van der Waals surface area contributed by atoms with Gasteiger partial charge in [-0.25, -0.2) is 9.67 Å². The Hall–Kier alpha value is -3.86. The van der Waals surface area contributed by atoms with Gasteiger partial charge in [0.05, 0.1) is 23.1 Å². The molecule has 0 saturated heterocycles. The van der Waals surface area contributed by atoms with Gasteiger partial charge in [-0.2, -0.15) is 18.3 Å². The highest BCUT2D eigenvalue weighted by Gasteiger charge is 2.41.